The quantitative estimate of drug-likeness (QED) is 0.434. The largest absolute Gasteiger partial charge is 0.304 e. The van der Waals surface area contributed by atoms with Gasteiger partial charge in [0.2, 0.25) is 11.8 Å². The number of anilines is 1. The third-order valence-corrected chi connectivity index (χ3v) is 8.28. The van der Waals surface area contributed by atoms with Gasteiger partial charge in [-0.2, -0.15) is 0 Å². The van der Waals surface area contributed by atoms with Gasteiger partial charge in [0.1, 0.15) is 7.85 Å². The first-order valence-corrected chi connectivity index (χ1v) is 13.1. The summed E-state index contributed by atoms with van der Waals surface area (Å²) in [5, 5.41) is 4.35. The molecule has 0 aromatic heterocycles. The number of piperidine rings is 1. The summed E-state index contributed by atoms with van der Waals surface area (Å²) in [6, 6.07) is 18.7. The first-order valence-electron chi connectivity index (χ1n) is 13.1. The molecule has 1 atom stereocenters. The number of piperazine rings is 1. The van der Waals surface area contributed by atoms with Crippen LogP contribution >= 0.6 is 0 Å². The van der Waals surface area contributed by atoms with E-state index >= 15 is 0 Å². The Kier molecular flexibility index (Phi) is 5.89. The molecule has 188 valence electrons. The van der Waals surface area contributed by atoms with Crippen molar-refractivity contribution < 1.29 is 14.4 Å². The maximum atomic E-state index is 13.6. The zero-order chi connectivity index (χ0) is 25.7. The predicted molar refractivity (Wildman–Crippen MR) is 146 cm³/mol. The molecule has 37 heavy (non-hydrogen) atoms. The van der Waals surface area contributed by atoms with E-state index in [1.165, 1.54) is 11.1 Å². The van der Waals surface area contributed by atoms with Crippen molar-refractivity contribution in [1.82, 2.24) is 15.1 Å². The minimum atomic E-state index is -1.10. The van der Waals surface area contributed by atoms with Gasteiger partial charge in [-0.3, -0.25) is 24.6 Å². The first kappa shape index (κ1) is 23.9. The molecule has 7 nitrogen and oxygen atoms in total. The molecule has 0 unspecified atom stereocenters. The van der Waals surface area contributed by atoms with E-state index in [0.29, 0.717) is 12.0 Å². The van der Waals surface area contributed by atoms with E-state index < -0.39 is 11.3 Å². The van der Waals surface area contributed by atoms with Crippen molar-refractivity contribution >= 4 is 42.0 Å². The number of likely N-dealkylation sites (N-methyl/N-ethyl adjacent to an activating group) is 1. The van der Waals surface area contributed by atoms with Crippen molar-refractivity contribution in [3.63, 3.8) is 0 Å². The molecule has 2 saturated heterocycles. The number of benzene rings is 3. The van der Waals surface area contributed by atoms with Crippen LogP contribution in [0.25, 0.3) is 10.8 Å². The Morgan fingerprint density at radius 3 is 2.38 bits per heavy atom. The summed E-state index contributed by atoms with van der Waals surface area (Å²) >= 11 is 0. The van der Waals surface area contributed by atoms with Gasteiger partial charge in [-0.25, -0.2) is 0 Å². The fourth-order valence-electron chi connectivity index (χ4n) is 5.94. The molecule has 0 aliphatic carbocycles. The van der Waals surface area contributed by atoms with Crippen LogP contribution in [0.4, 0.5) is 5.69 Å². The molecule has 1 N–H and O–H groups in total. The highest BCUT2D eigenvalue weighted by Crippen LogP contribution is 2.43. The number of carbonyl (C=O) groups is 3. The number of carbonyl (C=O) groups excluding carboxylic acids is 3. The lowest BCUT2D eigenvalue weighted by Crippen LogP contribution is -2.64. The van der Waals surface area contributed by atoms with Gasteiger partial charge in [-0.15, -0.1) is 0 Å². The number of hydrogen-bond acceptors (Lipinski definition) is 5. The van der Waals surface area contributed by atoms with Gasteiger partial charge in [-0.05, 0) is 54.1 Å². The van der Waals surface area contributed by atoms with Crippen LogP contribution in [0.3, 0.4) is 0 Å². The van der Waals surface area contributed by atoms with Crippen molar-refractivity contribution in [3.8, 4) is 0 Å². The lowest BCUT2D eigenvalue weighted by Gasteiger charge is -2.40. The van der Waals surface area contributed by atoms with Crippen molar-refractivity contribution in [1.29, 1.82) is 0 Å². The molecule has 6 rings (SSSR count). The minimum Gasteiger partial charge on any atom is -0.304 e. The summed E-state index contributed by atoms with van der Waals surface area (Å²) in [4.78, 5) is 44.7. The Labute approximate surface area is 217 Å². The smallest absolute Gasteiger partial charge is 0.259 e. The Hall–Kier alpha value is -3.49. The van der Waals surface area contributed by atoms with Crippen molar-refractivity contribution in [3.05, 3.63) is 76.9 Å². The number of imide groups is 1. The van der Waals surface area contributed by atoms with Crippen LogP contribution in [0.1, 0.15) is 39.9 Å². The molecule has 2 fully saturated rings. The van der Waals surface area contributed by atoms with E-state index in [0.717, 1.165) is 61.2 Å². The number of rotatable bonds is 5. The van der Waals surface area contributed by atoms with E-state index in [2.05, 4.69) is 58.6 Å². The number of nitrogens with zero attached hydrogens (tertiary/aromatic N) is 3. The zero-order valence-corrected chi connectivity index (χ0v) is 21.4. The summed E-state index contributed by atoms with van der Waals surface area (Å²) in [5.41, 5.74) is 3.96. The van der Waals surface area contributed by atoms with E-state index in [1.807, 2.05) is 18.2 Å². The minimum absolute atomic E-state index is 0.182. The monoisotopic (exact) mass is 494 g/mol. The molecule has 0 radical (unpaired) electrons. The number of nitrogens with one attached hydrogen (secondary N) is 1. The summed E-state index contributed by atoms with van der Waals surface area (Å²) in [6.07, 6.45) is 1.28. The van der Waals surface area contributed by atoms with Gasteiger partial charge in [0.15, 0.2) is 0 Å². The zero-order valence-electron chi connectivity index (χ0n) is 21.4. The van der Waals surface area contributed by atoms with Gasteiger partial charge >= 0.3 is 0 Å². The second-order valence-corrected chi connectivity index (χ2v) is 10.8. The molecule has 3 aliphatic heterocycles. The van der Waals surface area contributed by atoms with Gasteiger partial charge in [-0.1, -0.05) is 42.5 Å². The standard InChI is InChI=1S/C29H31BN4O3/c1-32-13-15-33(16-14-32)18-20-7-5-19(6-8-20)17-21-9-10-24-26-22(21)3-2-4-23(26)27(36)34(24)29(30)12-11-25(35)31-28(29)37/h2-10H,11-18,30H2,1H3,(H,31,35,37)/t29-/m0/s1. The van der Waals surface area contributed by atoms with E-state index in [1.54, 1.807) is 12.7 Å². The predicted octanol–water partition coefficient (Wildman–Crippen LogP) is 1.90. The third kappa shape index (κ3) is 4.14. The molecule has 3 aliphatic rings. The third-order valence-electron chi connectivity index (χ3n) is 8.28. The Morgan fingerprint density at radius 2 is 1.65 bits per heavy atom. The van der Waals surface area contributed by atoms with Crippen LogP contribution in [-0.4, -0.2) is 74.0 Å². The molecule has 3 aromatic rings. The summed E-state index contributed by atoms with van der Waals surface area (Å²) < 4.78 is 0. The SMILES string of the molecule is B[C@]1(N2C(=O)c3cccc4c(Cc5ccc(CN6CCN(C)CC6)cc5)ccc2c34)CCC(=O)NC1=O. The summed E-state index contributed by atoms with van der Waals surface area (Å²) in [7, 11) is 3.93. The van der Waals surface area contributed by atoms with Crippen molar-refractivity contribution in [2.45, 2.75) is 31.2 Å². The topological polar surface area (TPSA) is 73.0 Å². The lowest BCUT2D eigenvalue weighted by atomic mass is 9.69. The number of amides is 3. The second kappa shape index (κ2) is 9.12. The molecule has 0 saturated carbocycles. The van der Waals surface area contributed by atoms with Gasteiger partial charge in [0, 0.05) is 50.1 Å². The normalized spacial score (nSPS) is 22.6. The highest BCUT2D eigenvalue weighted by molar-refractivity contribution is 6.39. The van der Waals surface area contributed by atoms with Gasteiger partial charge in [0.05, 0.1) is 11.1 Å². The lowest BCUT2D eigenvalue weighted by molar-refractivity contribution is -0.135. The molecule has 3 heterocycles. The molecule has 0 spiro atoms. The van der Waals surface area contributed by atoms with Crippen LogP contribution in [0.2, 0.25) is 0 Å². The average Bonchev–Trinajstić information content (AvgIpc) is 3.19. The summed E-state index contributed by atoms with van der Waals surface area (Å²) in [6.45, 7) is 5.42. The van der Waals surface area contributed by atoms with Gasteiger partial charge in [0.25, 0.3) is 5.91 Å². The van der Waals surface area contributed by atoms with E-state index in [9.17, 15) is 14.4 Å². The van der Waals surface area contributed by atoms with Crippen LogP contribution < -0.4 is 10.2 Å². The molecular weight excluding hydrogens is 463 g/mol. The molecule has 3 aromatic carbocycles. The molecule has 0 bridgehead atoms. The molecular formula is C29H31BN4O3. The fraction of sp³-hybridized carbons (Fsp3) is 0.345. The van der Waals surface area contributed by atoms with Crippen molar-refractivity contribution in [2.24, 2.45) is 0 Å². The van der Waals surface area contributed by atoms with Crippen LogP contribution in [0, 0.1) is 0 Å². The van der Waals surface area contributed by atoms with E-state index in [4.69, 9.17) is 0 Å². The maximum absolute atomic E-state index is 13.6. The van der Waals surface area contributed by atoms with Crippen molar-refractivity contribution in [2.75, 3.05) is 38.1 Å². The summed E-state index contributed by atoms with van der Waals surface area (Å²) in [5.74, 6) is -0.890. The highest BCUT2D eigenvalue weighted by atomic mass is 16.2. The first-order chi connectivity index (χ1) is 17.8. The van der Waals surface area contributed by atoms with Crippen LogP contribution in [0.5, 0.6) is 0 Å². The molecule has 8 heteroatoms. The second-order valence-electron chi connectivity index (χ2n) is 10.8. The highest BCUT2D eigenvalue weighted by Gasteiger charge is 2.49. The Bertz CT molecular complexity index is 1410. The average molecular weight is 494 g/mol. The Morgan fingerprint density at radius 1 is 0.919 bits per heavy atom. The fourth-order valence-corrected chi connectivity index (χ4v) is 5.94. The van der Waals surface area contributed by atoms with Crippen LogP contribution in [-0.2, 0) is 22.6 Å². The number of hydrogen-bond donors (Lipinski definition) is 1. The molecule has 3 amide bonds. The maximum Gasteiger partial charge on any atom is 0.259 e. The van der Waals surface area contributed by atoms with E-state index in [-0.39, 0.29) is 18.2 Å². The Balaban J connectivity index is 1.27. The van der Waals surface area contributed by atoms with Crippen LogP contribution in [0.15, 0.2) is 54.6 Å². The van der Waals surface area contributed by atoms with Gasteiger partial charge < -0.3 is 9.80 Å².